The second-order valence-electron chi connectivity index (χ2n) is 6.44. The highest BCUT2D eigenvalue weighted by atomic mass is 16.5. The van der Waals surface area contributed by atoms with Gasteiger partial charge in [0.05, 0.1) is 6.10 Å². The Kier molecular flexibility index (Phi) is 5.43. The van der Waals surface area contributed by atoms with E-state index in [1.54, 1.807) is 6.07 Å². The third-order valence-corrected chi connectivity index (χ3v) is 4.48. The van der Waals surface area contributed by atoms with Crippen molar-refractivity contribution in [1.82, 2.24) is 15.3 Å². The predicted molar refractivity (Wildman–Crippen MR) is 88.8 cm³/mol. The molecule has 2 fully saturated rings. The van der Waals surface area contributed by atoms with E-state index in [2.05, 4.69) is 20.2 Å². The smallest absolute Gasteiger partial charge is 0.270 e. The van der Waals surface area contributed by atoms with Gasteiger partial charge in [0.25, 0.3) is 5.91 Å². The summed E-state index contributed by atoms with van der Waals surface area (Å²) in [6.45, 7) is 5.22. The summed E-state index contributed by atoms with van der Waals surface area (Å²) in [7, 11) is 0. The third kappa shape index (κ3) is 4.41. The van der Waals surface area contributed by atoms with Gasteiger partial charge in [0.1, 0.15) is 5.69 Å². The second-order valence-corrected chi connectivity index (χ2v) is 6.44. The van der Waals surface area contributed by atoms with Crippen LogP contribution in [0.2, 0.25) is 0 Å². The average molecular weight is 318 g/mol. The van der Waals surface area contributed by atoms with Crippen LogP contribution < -0.4 is 10.2 Å². The minimum absolute atomic E-state index is 0.137. The summed E-state index contributed by atoms with van der Waals surface area (Å²) in [5.41, 5.74) is 1.29. The molecule has 2 aliphatic rings. The van der Waals surface area contributed by atoms with E-state index in [0.717, 1.165) is 51.1 Å². The molecule has 126 valence electrons. The topological polar surface area (TPSA) is 67.3 Å². The average Bonchev–Trinajstić information content (AvgIpc) is 2.92. The number of carbonyl (C=O) groups is 1. The van der Waals surface area contributed by atoms with Gasteiger partial charge < -0.3 is 15.0 Å². The summed E-state index contributed by atoms with van der Waals surface area (Å²) in [6, 6.07) is 1.76. The third-order valence-electron chi connectivity index (χ3n) is 4.48. The molecule has 0 aromatic carbocycles. The highest BCUT2D eigenvalue weighted by Gasteiger charge is 2.19. The van der Waals surface area contributed by atoms with Crippen LogP contribution in [0.25, 0.3) is 0 Å². The van der Waals surface area contributed by atoms with Crippen LogP contribution in [0.5, 0.6) is 0 Å². The Morgan fingerprint density at radius 2 is 2.04 bits per heavy atom. The predicted octanol–water partition coefficient (Wildman–Crippen LogP) is 2.07. The molecule has 0 unspecified atom stereocenters. The van der Waals surface area contributed by atoms with E-state index >= 15 is 0 Å². The van der Waals surface area contributed by atoms with Gasteiger partial charge in [0, 0.05) is 31.9 Å². The van der Waals surface area contributed by atoms with E-state index in [9.17, 15) is 4.79 Å². The number of carbonyl (C=O) groups excluding carboxylic acids is 1. The molecule has 0 radical (unpaired) electrons. The Balaban J connectivity index is 1.67. The molecule has 1 aromatic heterocycles. The first-order chi connectivity index (χ1) is 11.2. The maximum Gasteiger partial charge on any atom is 0.270 e. The Labute approximate surface area is 137 Å². The lowest BCUT2D eigenvalue weighted by Crippen LogP contribution is -2.33. The molecule has 3 heterocycles. The standard InChI is InChI=1S/C17H26N4O2/c1-13-11-15(16(22)18-12-14-7-6-10-23-14)20-17(19-13)21-8-4-2-3-5-9-21/h11,14H,2-10,12H2,1H3,(H,18,22)/t14-/m1/s1. The van der Waals surface area contributed by atoms with Gasteiger partial charge >= 0.3 is 0 Å². The lowest BCUT2D eigenvalue weighted by atomic mass is 10.2. The summed E-state index contributed by atoms with van der Waals surface area (Å²) in [6.07, 6.45) is 7.09. The number of amides is 1. The molecule has 1 N–H and O–H groups in total. The molecule has 0 saturated carbocycles. The van der Waals surface area contributed by atoms with Crippen LogP contribution in [-0.2, 0) is 4.74 Å². The largest absolute Gasteiger partial charge is 0.376 e. The minimum Gasteiger partial charge on any atom is -0.376 e. The first kappa shape index (κ1) is 16.2. The molecule has 23 heavy (non-hydrogen) atoms. The van der Waals surface area contributed by atoms with Gasteiger partial charge in [-0.2, -0.15) is 0 Å². The van der Waals surface area contributed by atoms with Crippen LogP contribution in [0.1, 0.15) is 54.7 Å². The van der Waals surface area contributed by atoms with Gasteiger partial charge in [0.15, 0.2) is 0 Å². The molecule has 1 atom stereocenters. The van der Waals surface area contributed by atoms with Gasteiger partial charge in [-0.25, -0.2) is 9.97 Å². The maximum atomic E-state index is 12.4. The Hall–Kier alpha value is -1.69. The fraction of sp³-hybridized carbons (Fsp3) is 0.706. The zero-order valence-electron chi connectivity index (χ0n) is 13.9. The molecule has 0 bridgehead atoms. The first-order valence-corrected chi connectivity index (χ1v) is 8.73. The normalized spacial score (nSPS) is 22.0. The fourth-order valence-corrected chi connectivity index (χ4v) is 3.18. The number of ether oxygens (including phenoxy) is 1. The number of nitrogens with one attached hydrogen (secondary N) is 1. The number of hydrogen-bond acceptors (Lipinski definition) is 5. The van der Waals surface area contributed by atoms with E-state index in [0.29, 0.717) is 18.2 Å². The Bertz CT molecular complexity index is 535. The van der Waals surface area contributed by atoms with Crippen LogP contribution >= 0.6 is 0 Å². The van der Waals surface area contributed by atoms with Gasteiger partial charge in [-0.15, -0.1) is 0 Å². The summed E-state index contributed by atoms with van der Waals surface area (Å²) in [4.78, 5) is 23.6. The van der Waals surface area contributed by atoms with Crippen molar-refractivity contribution in [2.75, 3.05) is 31.1 Å². The molecular weight excluding hydrogens is 292 g/mol. The lowest BCUT2D eigenvalue weighted by Gasteiger charge is -2.21. The highest BCUT2D eigenvalue weighted by molar-refractivity contribution is 5.92. The number of anilines is 1. The van der Waals surface area contributed by atoms with Gasteiger partial charge in [-0.1, -0.05) is 12.8 Å². The monoisotopic (exact) mass is 318 g/mol. The second kappa shape index (κ2) is 7.73. The maximum absolute atomic E-state index is 12.4. The van der Waals surface area contributed by atoms with Gasteiger partial charge in [-0.3, -0.25) is 4.79 Å². The summed E-state index contributed by atoms with van der Waals surface area (Å²) < 4.78 is 5.54. The molecule has 0 spiro atoms. The number of rotatable bonds is 4. The number of nitrogens with zero attached hydrogens (tertiary/aromatic N) is 3. The van der Waals surface area contributed by atoms with Crippen molar-refractivity contribution in [1.29, 1.82) is 0 Å². The van der Waals surface area contributed by atoms with Crippen molar-refractivity contribution in [3.8, 4) is 0 Å². The quantitative estimate of drug-likeness (QED) is 0.920. The van der Waals surface area contributed by atoms with Crippen LogP contribution in [0.4, 0.5) is 5.95 Å². The summed E-state index contributed by atoms with van der Waals surface area (Å²) >= 11 is 0. The molecule has 1 amide bonds. The van der Waals surface area contributed by atoms with Crippen LogP contribution in [-0.4, -0.2) is 48.2 Å². The summed E-state index contributed by atoms with van der Waals surface area (Å²) in [5, 5.41) is 2.94. The minimum atomic E-state index is -0.137. The van der Waals surface area contributed by atoms with Gasteiger partial charge in [-0.05, 0) is 38.7 Å². The van der Waals surface area contributed by atoms with Crippen molar-refractivity contribution >= 4 is 11.9 Å². The SMILES string of the molecule is Cc1cc(C(=O)NC[C@H]2CCCO2)nc(N2CCCCCC2)n1. The van der Waals surface area contributed by atoms with Crippen LogP contribution in [0.15, 0.2) is 6.07 Å². The molecule has 6 nitrogen and oxygen atoms in total. The van der Waals surface area contributed by atoms with E-state index < -0.39 is 0 Å². The van der Waals surface area contributed by atoms with Crippen LogP contribution in [0.3, 0.4) is 0 Å². The van der Waals surface area contributed by atoms with Crippen molar-refractivity contribution in [2.45, 2.75) is 51.6 Å². The van der Waals surface area contributed by atoms with E-state index in [-0.39, 0.29) is 12.0 Å². The molecule has 0 aliphatic carbocycles. The fourth-order valence-electron chi connectivity index (χ4n) is 3.18. The van der Waals surface area contributed by atoms with Crippen molar-refractivity contribution < 1.29 is 9.53 Å². The van der Waals surface area contributed by atoms with Crippen molar-refractivity contribution in [3.05, 3.63) is 17.5 Å². The molecular formula is C17H26N4O2. The molecule has 3 rings (SSSR count). The molecule has 6 heteroatoms. The molecule has 2 saturated heterocycles. The zero-order valence-corrected chi connectivity index (χ0v) is 13.9. The number of aryl methyl sites for hydroxylation is 1. The summed E-state index contributed by atoms with van der Waals surface area (Å²) in [5.74, 6) is 0.552. The Morgan fingerprint density at radius 1 is 1.26 bits per heavy atom. The highest BCUT2D eigenvalue weighted by Crippen LogP contribution is 2.17. The zero-order chi connectivity index (χ0) is 16.1. The molecule has 1 aromatic rings. The van der Waals surface area contributed by atoms with Crippen LogP contribution in [0, 0.1) is 6.92 Å². The van der Waals surface area contributed by atoms with Crippen molar-refractivity contribution in [2.24, 2.45) is 0 Å². The van der Waals surface area contributed by atoms with E-state index in [1.807, 2.05) is 6.92 Å². The van der Waals surface area contributed by atoms with E-state index in [1.165, 1.54) is 12.8 Å². The number of aromatic nitrogens is 2. The van der Waals surface area contributed by atoms with E-state index in [4.69, 9.17) is 4.74 Å². The number of hydrogen-bond donors (Lipinski definition) is 1. The van der Waals surface area contributed by atoms with Crippen molar-refractivity contribution in [3.63, 3.8) is 0 Å². The first-order valence-electron chi connectivity index (χ1n) is 8.73. The molecule has 2 aliphatic heterocycles. The Morgan fingerprint density at radius 3 is 2.74 bits per heavy atom. The lowest BCUT2D eigenvalue weighted by molar-refractivity contribution is 0.0853. The van der Waals surface area contributed by atoms with Gasteiger partial charge in [0.2, 0.25) is 5.95 Å².